The predicted octanol–water partition coefficient (Wildman–Crippen LogP) is 5.31. The lowest BCUT2D eigenvalue weighted by Gasteiger charge is -2.16. The molecule has 0 bridgehead atoms. The molecule has 0 aliphatic rings. The van der Waals surface area contributed by atoms with Gasteiger partial charge in [-0.15, -0.1) is 0 Å². The molecular weight excluding hydrogens is 331 g/mol. The maximum absolute atomic E-state index is 13.3. The molecule has 2 aromatic carbocycles. The molecule has 21 heavy (non-hydrogen) atoms. The molecule has 1 unspecified atom stereocenters. The Bertz CT molecular complexity index is 789. The predicted molar refractivity (Wildman–Crippen MR) is 87.9 cm³/mol. The van der Waals surface area contributed by atoms with Gasteiger partial charge in [-0.05, 0) is 52.7 Å². The van der Waals surface area contributed by atoms with Crippen LogP contribution in [0, 0.1) is 5.82 Å². The van der Waals surface area contributed by atoms with Crippen LogP contribution < -0.4 is 5.32 Å². The zero-order valence-electron chi connectivity index (χ0n) is 11.5. The van der Waals surface area contributed by atoms with Gasteiger partial charge < -0.3 is 5.32 Å². The van der Waals surface area contributed by atoms with Gasteiger partial charge in [0, 0.05) is 11.4 Å². The summed E-state index contributed by atoms with van der Waals surface area (Å²) in [5.41, 5.74) is 2.93. The van der Waals surface area contributed by atoms with Crippen molar-refractivity contribution in [3.63, 3.8) is 0 Å². The molecule has 0 saturated carbocycles. The number of fused-ring (bicyclic) bond motifs is 1. The minimum Gasteiger partial charge on any atom is -0.377 e. The largest absolute Gasteiger partial charge is 0.377 e. The summed E-state index contributed by atoms with van der Waals surface area (Å²) < 4.78 is 13.8. The van der Waals surface area contributed by atoms with E-state index in [2.05, 4.69) is 32.3 Å². The quantitative estimate of drug-likeness (QED) is 0.696. The Hall–Kier alpha value is -1.94. The zero-order chi connectivity index (χ0) is 14.8. The van der Waals surface area contributed by atoms with Crippen molar-refractivity contribution in [3.8, 4) is 0 Å². The van der Waals surface area contributed by atoms with Gasteiger partial charge in [0.1, 0.15) is 5.82 Å². The van der Waals surface area contributed by atoms with Crippen LogP contribution in [0.3, 0.4) is 0 Å². The van der Waals surface area contributed by atoms with Crippen LogP contribution in [-0.4, -0.2) is 4.98 Å². The average molecular weight is 345 g/mol. The minimum absolute atomic E-state index is 0.0601. The lowest BCUT2D eigenvalue weighted by Crippen LogP contribution is -2.07. The fraction of sp³-hybridized carbons (Fsp3) is 0.118. The number of hydrogen-bond acceptors (Lipinski definition) is 2. The molecule has 0 saturated heterocycles. The first-order valence-corrected chi connectivity index (χ1v) is 7.49. The zero-order valence-corrected chi connectivity index (χ0v) is 13.1. The second-order valence-corrected chi connectivity index (χ2v) is 5.81. The smallest absolute Gasteiger partial charge is 0.137 e. The van der Waals surface area contributed by atoms with E-state index in [0.717, 1.165) is 22.2 Å². The summed E-state index contributed by atoms with van der Waals surface area (Å²) in [6, 6.07) is 15.2. The third-order valence-corrected chi connectivity index (χ3v) is 4.03. The number of anilines is 1. The van der Waals surface area contributed by atoms with Gasteiger partial charge in [0.15, 0.2) is 0 Å². The summed E-state index contributed by atoms with van der Waals surface area (Å²) in [5.74, 6) is -0.252. The van der Waals surface area contributed by atoms with Crippen LogP contribution in [0.2, 0.25) is 0 Å². The van der Waals surface area contributed by atoms with E-state index in [1.54, 1.807) is 12.1 Å². The SMILES string of the molecule is CC(Nc1cnc2ccccc2c1)c1ccc(F)c(Br)c1. The van der Waals surface area contributed by atoms with Crippen molar-refractivity contribution in [2.24, 2.45) is 0 Å². The van der Waals surface area contributed by atoms with Crippen molar-refractivity contribution in [1.82, 2.24) is 4.98 Å². The van der Waals surface area contributed by atoms with Crippen LogP contribution >= 0.6 is 15.9 Å². The molecule has 0 aliphatic carbocycles. The van der Waals surface area contributed by atoms with E-state index < -0.39 is 0 Å². The number of pyridine rings is 1. The molecule has 4 heteroatoms. The summed E-state index contributed by atoms with van der Waals surface area (Å²) in [5, 5.41) is 4.48. The maximum Gasteiger partial charge on any atom is 0.137 e. The van der Waals surface area contributed by atoms with Crippen molar-refractivity contribution >= 4 is 32.5 Å². The Kier molecular flexibility index (Phi) is 3.88. The molecule has 1 atom stereocenters. The average Bonchev–Trinajstić information content (AvgIpc) is 2.50. The molecule has 3 aromatic rings. The van der Waals surface area contributed by atoms with Gasteiger partial charge in [-0.2, -0.15) is 0 Å². The fourth-order valence-electron chi connectivity index (χ4n) is 2.27. The number of nitrogens with one attached hydrogen (secondary N) is 1. The standard InChI is InChI=1S/C17H14BrFN2/c1-11(12-6-7-16(19)15(18)9-12)21-14-8-13-4-2-3-5-17(13)20-10-14/h2-11,21H,1H3. The topological polar surface area (TPSA) is 24.9 Å². The molecule has 0 spiro atoms. The van der Waals surface area contributed by atoms with E-state index in [1.807, 2.05) is 37.4 Å². The second kappa shape index (κ2) is 5.82. The normalized spacial score (nSPS) is 12.3. The summed E-state index contributed by atoms with van der Waals surface area (Å²) in [6.07, 6.45) is 1.82. The third-order valence-electron chi connectivity index (χ3n) is 3.42. The van der Waals surface area contributed by atoms with Gasteiger partial charge in [-0.1, -0.05) is 24.3 Å². The number of para-hydroxylation sites is 1. The van der Waals surface area contributed by atoms with Crippen molar-refractivity contribution in [1.29, 1.82) is 0 Å². The van der Waals surface area contributed by atoms with Crippen LogP contribution in [-0.2, 0) is 0 Å². The van der Waals surface area contributed by atoms with Crippen LogP contribution in [0.1, 0.15) is 18.5 Å². The number of halogens is 2. The van der Waals surface area contributed by atoms with E-state index in [1.165, 1.54) is 6.07 Å². The first kappa shape index (κ1) is 14.0. The third kappa shape index (κ3) is 3.05. The van der Waals surface area contributed by atoms with E-state index >= 15 is 0 Å². The number of benzene rings is 2. The summed E-state index contributed by atoms with van der Waals surface area (Å²) in [7, 11) is 0. The monoisotopic (exact) mass is 344 g/mol. The minimum atomic E-state index is -0.252. The Balaban J connectivity index is 1.85. The Morgan fingerprint density at radius 3 is 2.76 bits per heavy atom. The highest BCUT2D eigenvalue weighted by Gasteiger charge is 2.08. The highest BCUT2D eigenvalue weighted by Crippen LogP contribution is 2.25. The number of hydrogen-bond donors (Lipinski definition) is 1. The number of nitrogens with zero attached hydrogens (tertiary/aromatic N) is 1. The molecule has 3 rings (SSSR count). The molecule has 1 heterocycles. The van der Waals surface area contributed by atoms with Gasteiger partial charge in [0.25, 0.3) is 0 Å². The van der Waals surface area contributed by atoms with E-state index in [0.29, 0.717) is 4.47 Å². The molecule has 0 aliphatic heterocycles. The molecule has 1 aromatic heterocycles. The maximum atomic E-state index is 13.3. The summed E-state index contributed by atoms with van der Waals surface area (Å²) in [6.45, 7) is 2.04. The molecule has 1 N–H and O–H groups in total. The van der Waals surface area contributed by atoms with Crippen LogP contribution in [0.4, 0.5) is 10.1 Å². The Morgan fingerprint density at radius 2 is 1.95 bits per heavy atom. The van der Waals surface area contributed by atoms with E-state index in [4.69, 9.17) is 0 Å². The Labute approximate surface area is 131 Å². The van der Waals surface area contributed by atoms with Crippen molar-refractivity contribution in [3.05, 3.63) is 70.6 Å². The highest BCUT2D eigenvalue weighted by molar-refractivity contribution is 9.10. The molecule has 0 radical (unpaired) electrons. The van der Waals surface area contributed by atoms with Gasteiger partial charge >= 0.3 is 0 Å². The first-order chi connectivity index (χ1) is 10.1. The van der Waals surface area contributed by atoms with Crippen LogP contribution in [0.5, 0.6) is 0 Å². The number of rotatable bonds is 3. The molecule has 106 valence electrons. The Morgan fingerprint density at radius 1 is 1.14 bits per heavy atom. The lowest BCUT2D eigenvalue weighted by atomic mass is 10.1. The molecular formula is C17H14BrFN2. The van der Waals surface area contributed by atoms with Crippen LogP contribution in [0.25, 0.3) is 10.9 Å². The molecule has 0 amide bonds. The molecule has 2 nitrogen and oxygen atoms in total. The van der Waals surface area contributed by atoms with Crippen molar-refractivity contribution < 1.29 is 4.39 Å². The lowest BCUT2D eigenvalue weighted by molar-refractivity contribution is 0.619. The van der Waals surface area contributed by atoms with E-state index in [9.17, 15) is 4.39 Å². The van der Waals surface area contributed by atoms with Gasteiger partial charge in [0.05, 0.1) is 21.9 Å². The second-order valence-electron chi connectivity index (χ2n) is 4.96. The van der Waals surface area contributed by atoms with Crippen LogP contribution in [0.15, 0.2) is 59.2 Å². The molecule has 0 fully saturated rings. The summed E-state index contributed by atoms with van der Waals surface area (Å²) >= 11 is 3.22. The fourth-order valence-corrected chi connectivity index (χ4v) is 2.66. The van der Waals surface area contributed by atoms with Gasteiger partial charge in [-0.25, -0.2) is 4.39 Å². The highest BCUT2D eigenvalue weighted by atomic mass is 79.9. The van der Waals surface area contributed by atoms with E-state index in [-0.39, 0.29) is 11.9 Å². The number of aromatic nitrogens is 1. The van der Waals surface area contributed by atoms with Gasteiger partial charge in [0.2, 0.25) is 0 Å². The van der Waals surface area contributed by atoms with Crippen molar-refractivity contribution in [2.75, 3.05) is 5.32 Å². The van der Waals surface area contributed by atoms with Gasteiger partial charge in [-0.3, -0.25) is 4.98 Å². The first-order valence-electron chi connectivity index (χ1n) is 6.70. The van der Waals surface area contributed by atoms with Crippen molar-refractivity contribution in [2.45, 2.75) is 13.0 Å². The summed E-state index contributed by atoms with van der Waals surface area (Å²) in [4.78, 5) is 4.43.